The minimum atomic E-state index is -3.31. The van der Waals surface area contributed by atoms with E-state index < -0.39 is 13.4 Å². The van der Waals surface area contributed by atoms with E-state index in [0.717, 1.165) is 11.3 Å². The fraction of sp³-hybridized carbons (Fsp3) is 0.588. The Hall–Kier alpha value is -1.36. The Morgan fingerprint density at radius 2 is 1.79 bits per heavy atom. The molecule has 2 rings (SSSR count). The van der Waals surface area contributed by atoms with Crippen molar-refractivity contribution in [1.29, 1.82) is 0 Å². The lowest BCUT2D eigenvalue weighted by Gasteiger charge is -2.30. The highest BCUT2D eigenvalue weighted by Crippen LogP contribution is 2.57. The maximum absolute atomic E-state index is 13.0. The second kappa shape index (κ2) is 8.65. The number of ether oxygens (including phenoxy) is 1. The van der Waals surface area contributed by atoms with Gasteiger partial charge in [0.25, 0.3) is 0 Å². The standard InChI is InChI=1S/C17H26NO5P/c1-4-22-24(20,23-5-2)17-11-10-16(19)18(17)13-12-14-6-8-15(21-3)9-7-14/h6-9,17H,4-5,10-13H2,1-3H3. The summed E-state index contributed by atoms with van der Waals surface area (Å²) >= 11 is 0. The molecule has 0 N–H and O–H groups in total. The lowest BCUT2D eigenvalue weighted by atomic mass is 10.1. The molecule has 1 heterocycles. The number of carbonyl (C=O) groups is 1. The molecular formula is C17H26NO5P. The maximum Gasteiger partial charge on any atom is 0.352 e. The Morgan fingerprint density at radius 3 is 2.33 bits per heavy atom. The van der Waals surface area contributed by atoms with Crippen molar-refractivity contribution in [1.82, 2.24) is 4.90 Å². The molecule has 0 radical (unpaired) electrons. The van der Waals surface area contributed by atoms with E-state index in [-0.39, 0.29) is 5.91 Å². The van der Waals surface area contributed by atoms with Crippen molar-refractivity contribution in [3.8, 4) is 5.75 Å². The summed E-state index contributed by atoms with van der Waals surface area (Å²) in [4.78, 5) is 13.9. The second-order valence-electron chi connectivity index (χ2n) is 5.58. The molecule has 7 heteroatoms. The number of rotatable bonds is 9. The predicted molar refractivity (Wildman–Crippen MR) is 92.3 cm³/mol. The van der Waals surface area contributed by atoms with Crippen LogP contribution in [0.15, 0.2) is 24.3 Å². The first-order chi connectivity index (χ1) is 11.5. The molecule has 0 bridgehead atoms. The van der Waals surface area contributed by atoms with Crippen LogP contribution in [0, 0.1) is 0 Å². The Kier molecular flexibility index (Phi) is 6.84. The van der Waals surface area contributed by atoms with Crippen molar-refractivity contribution in [3.05, 3.63) is 29.8 Å². The summed E-state index contributed by atoms with van der Waals surface area (Å²) in [5.41, 5.74) is 1.09. The van der Waals surface area contributed by atoms with Crippen molar-refractivity contribution >= 4 is 13.5 Å². The van der Waals surface area contributed by atoms with E-state index in [9.17, 15) is 9.36 Å². The number of benzene rings is 1. The van der Waals surface area contributed by atoms with Crippen molar-refractivity contribution in [2.45, 2.75) is 38.9 Å². The highest BCUT2D eigenvalue weighted by molar-refractivity contribution is 7.54. The molecule has 24 heavy (non-hydrogen) atoms. The van der Waals surface area contributed by atoms with Crippen LogP contribution in [0.25, 0.3) is 0 Å². The average Bonchev–Trinajstić information content (AvgIpc) is 2.95. The zero-order valence-corrected chi connectivity index (χ0v) is 15.5. The number of methoxy groups -OCH3 is 1. The number of hydrogen-bond donors (Lipinski definition) is 0. The number of hydrogen-bond acceptors (Lipinski definition) is 5. The van der Waals surface area contributed by atoms with Crippen LogP contribution in [-0.4, -0.2) is 43.5 Å². The lowest BCUT2D eigenvalue weighted by Crippen LogP contribution is -2.35. The Labute approximate surface area is 143 Å². The molecule has 0 aromatic heterocycles. The Bertz CT molecular complexity index is 579. The van der Waals surface area contributed by atoms with Gasteiger partial charge >= 0.3 is 7.60 Å². The van der Waals surface area contributed by atoms with Crippen molar-refractivity contribution < 1.29 is 23.1 Å². The number of nitrogens with zero attached hydrogens (tertiary/aromatic N) is 1. The van der Waals surface area contributed by atoms with Crippen LogP contribution >= 0.6 is 7.60 Å². The van der Waals surface area contributed by atoms with Gasteiger partial charge in [0.05, 0.1) is 20.3 Å². The lowest BCUT2D eigenvalue weighted by molar-refractivity contribution is -0.128. The van der Waals surface area contributed by atoms with Crippen LogP contribution in [0.4, 0.5) is 0 Å². The van der Waals surface area contributed by atoms with Crippen LogP contribution in [0.5, 0.6) is 5.75 Å². The van der Waals surface area contributed by atoms with Gasteiger partial charge in [0.1, 0.15) is 11.5 Å². The number of likely N-dealkylation sites (tertiary alicyclic amines) is 1. The summed E-state index contributed by atoms with van der Waals surface area (Å²) in [5.74, 6) is 0.322. The van der Waals surface area contributed by atoms with Crippen molar-refractivity contribution in [3.63, 3.8) is 0 Å². The molecule has 1 aliphatic heterocycles. The van der Waals surface area contributed by atoms with Gasteiger partial charge in [-0.1, -0.05) is 12.1 Å². The monoisotopic (exact) mass is 355 g/mol. The van der Waals surface area contributed by atoms with E-state index in [0.29, 0.717) is 39.0 Å². The minimum absolute atomic E-state index is 0.00754. The van der Waals surface area contributed by atoms with Gasteiger partial charge in [0.2, 0.25) is 5.91 Å². The van der Waals surface area contributed by atoms with Gasteiger partial charge < -0.3 is 18.7 Å². The molecular weight excluding hydrogens is 329 g/mol. The van der Waals surface area contributed by atoms with E-state index in [4.69, 9.17) is 13.8 Å². The fourth-order valence-electron chi connectivity index (χ4n) is 2.93. The third-order valence-corrected chi connectivity index (χ3v) is 6.58. The van der Waals surface area contributed by atoms with E-state index in [1.807, 2.05) is 24.3 Å². The quantitative estimate of drug-likeness (QED) is 0.635. The first kappa shape index (κ1) is 19.0. The predicted octanol–water partition coefficient (Wildman–Crippen LogP) is 3.45. The topological polar surface area (TPSA) is 65.1 Å². The normalized spacial score (nSPS) is 18.2. The van der Waals surface area contributed by atoms with Crippen molar-refractivity contribution in [2.24, 2.45) is 0 Å². The third kappa shape index (κ3) is 4.38. The van der Waals surface area contributed by atoms with E-state index >= 15 is 0 Å². The van der Waals surface area contributed by atoms with Gasteiger partial charge in [-0.15, -0.1) is 0 Å². The van der Waals surface area contributed by atoms with Gasteiger partial charge in [-0.25, -0.2) is 0 Å². The first-order valence-corrected chi connectivity index (χ1v) is 9.96. The zero-order chi connectivity index (χ0) is 17.6. The molecule has 1 atom stereocenters. The first-order valence-electron chi connectivity index (χ1n) is 8.35. The minimum Gasteiger partial charge on any atom is -0.497 e. The molecule has 0 spiro atoms. The van der Waals surface area contributed by atoms with Gasteiger partial charge in [0.15, 0.2) is 0 Å². The third-order valence-electron chi connectivity index (χ3n) is 4.08. The molecule has 1 aliphatic rings. The largest absolute Gasteiger partial charge is 0.497 e. The number of amides is 1. The molecule has 1 fully saturated rings. The van der Waals surface area contributed by atoms with E-state index in [1.165, 1.54) is 0 Å². The van der Waals surface area contributed by atoms with Crippen LogP contribution in [0.2, 0.25) is 0 Å². The van der Waals surface area contributed by atoms with Gasteiger partial charge in [0, 0.05) is 13.0 Å². The maximum atomic E-state index is 13.0. The van der Waals surface area contributed by atoms with Crippen molar-refractivity contribution in [2.75, 3.05) is 26.9 Å². The molecule has 0 aliphatic carbocycles. The molecule has 134 valence electrons. The van der Waals surface area contributed by atoms with Gasteiger partial charge in [-0.3, -0.25) is 9.36 Å². The number of carbonyl (C=O) groups excluding carboxylic acids is 1. The Morgan fingerprint density at radius 1 is 1.17 bits per heavy atom. The zero-order valence-electron chi connectivity index (χ0n) is 14.6. The summed E-state index contributed by atoms with van der Waals surface area (Å²) in [6, 6.07) is 7.73. The summed E-state index contributed by atoms with van der Waals surface area (Å²) in [6.45, 7) is 4.66. The fourth-order valence-corrected chi connectivity index (χ4v) is 5.10. The second-order valence-corrected chi connectivity index (χ2v) is 7.77. The highest BCUT2D eigenvalue weighted by atomic mass is 31.2. The van der Waals surface area contributed by atoms with Crippen LogP contribution in [0.3, 0.4) is 0 Å². The summed E-state index contributed by atoms with van der Waals surface area (Å²) in [6.07, 6.45) is 1.58. The van der Waals surface area contributed by atoms with Gasteiger partial charge in [-0.2, -0.15) is 0 Å². The summed E-state index contributed by atoms with van der Waals surface area (Å²) < 4.78 is 29.0. The smallest absolute Gasteiger partial charge is 0.352 e. The molecule has 6 nitrogen and oxygen atoms in total. The molecule has 1 saturated heterocycles. The molecule has 1 amide bonds. The highest BCUT2D eigenvalue weighted by Gasteiger charge is 2.45. The molecule has 1 aromatic carbocycles. The summed E-state index contributed by atoms with van der Waals surface area (Å²) in [7, 11) is -1.68. The van der Waals surface area contributed by atoms with E-state index in [2.05, 4.69) is 0 Å². The van der Waals surface area contributed by atoms with Crippen LogP contribution in [0.1, 0.15) is 32.3 Å². The molecule has 1 unspecified atom stereocenters. The molecule has 1 aromatic rings. The SMILES string of the molecule is CCOP(=O)(OCC)C1CCC(=O)N1CCc1ccc(OC)cc1. The Balaban J connectivity index is 2.07. The van der Waals surface area contributed by atoms with E-state index in [1.54, 1.807) is 25.9 Å². The van der Waals surface area contributed by atoms with Crippen LogP contribution < -0.4 is 4.74 Å². The summed E-state index contributed by atoms with van der Waals surface area (Å²) in [5, 5.41) is 0. The average molecular weight is 355 g/mol. The molecule has 0 saturated carbocycles. The van der Waals surface area contributed by atoms with Gasteiger partial charge in [-0.05, 0) is 44.4 Å². The van der Waals surface area contributed by atoms with Crippen LogP contribution in [-0.2, 0) is 24.8 Å².